The zero-order chi connectivity index (χ0) is 18.2. The van der Waals surface area contributed by atoms with Crippen LogP contribution in [-0.4, -0.2) is 27.7 Å². The van der Waals surface area contributed by atoms with Gasteiger partial charge in [0.2, 0.25) is 10.3 Å². The summed E-state index contributed by atoms with van der Waals surface area (Å²) >= 11 is 8.59. The number of aromatic nitrogens is 2. The Bertz CT molecular complexity index is 861. The summed E-state index contributed by atoms with van der Waals surface area (Å²) in [5, 5.41) is 6.80. The van der Waals surface area contributed by atoms with E-state index in [-0.39, 0.29) is 0 Å². The van der Waals surface area contributed by atoms with Gasteiger partial charge in [0.1, 0.15) is 5.75 Å². The van der Waals surface area contributed by atoms with Gasteiger partial charge in [0, 0.05) is 17.3 Å². The van der Waals surface area contributed by atoms with Crippen molar-refractivity contribution in [2.24, 2.45) is 0 Å². The third kappa shape index (κ3) is 5.62. The van der Waals surface area contributed by atoms with Gasteiger partial charge in [-0.2, -0.15) is 9.36 Å². The molecule has 3 rings (SSSR count). The van der Waals surface area contributed by atoms with Gasteiger partial charge >= 0.3 is 6.03 Å². The van der Waals surface area contributed by atoms with Gasteiger partial charge in [-0.15, -0.1) is 0 Å². The third-order valence-corrected chi connectivity index (χ3v) is 4.96. The Balaban J connectivity index is 1.42. The summed E-state index contributed by atoms with van der Waals surface area (Å²) in [6.45, 7) is 0.545. The van der Waals surface area contributed by atoms with Gasteiger partial charge in [-0.25, -0.2) is 4.79 Å². The molecule has 2 aromatic carbocycles. The minimum Gasteiger partial charge on any atom is -0.493 e. The van der Waals surface area contributed by atoms with Gasteiger partial charge in [-0.3, -0.25) is 5.32 Å². The minimum atomic E-state index is -0.418. The predicted molar refractivity (Wildman–Crippen MR) is 107 cm³/mol. The molecule has 1 aromatic heterocycles. The van der Waals surface area contributed by atoms with Crippen molar-refractivity contribution in [3.63, 3.8) is 0 Å². The lowest BCUT2D eigenvalue weighted by atomic mass is 10.3. The van der Waals surface area contributed by atoms with Gasteiger partial charge in [0.05, 0.1) is 17.3 Å². The van der Waals surface area contributed by atoms with Crippen molar-refractivity contribution in [2.45, 2.75) is 5.16 Å². The number of halogens is 1. The summed E-state index contributed by atoms with van der Waals surface area (Å²) in [6, 6.07) is 16.2. The third-order valence-electron chi connectivity index (χ3n) is 3.08. The Morgan fingerprint density at radius 3 is 2.69 bits per heavy atom. The molecule has 0 saturated heterocycles. The van der Waals surface area contributed by atoms with Crippen molar-refractivity contribution in [1.29, 1.82) is 0 Å². The zero-order valence-electron chi connectivity index (χ0n) is 13.5. The molecule has 6 nitrogen and oxygen atoms in total. The first-order valence-electron chi connectivity index (χ1n) is 7.67. The molecule has 1 heterocycles. The van der Waals surface area contributed by atoms with E-state index in [2.05, 4.69) is 20.0 Å². The average Bonchev–Trinajstić information content (AvgIpc) is 3.09. The fourth-order valence-corrected chi connectivity index (χ4v) is 3.48. The quantitative estimate of drug-likeness (QED) is 0.426. The molecule has 0 atom stereocenters. The number of rotatable bonds is 7. The first kappa shape index (κ1) is 18.5. The van der Waals surface area contributed by atoms with E-state index in [1.165, 1.54) is 11.8 Å². The summed E-state index contributed by atoms with van der Waals surface area (Å²) in [5.41, 5.74) is 0.531. The summed E-state index contributed by atoms with van der Waals surface area (Å²) in [5.74, 6) is 1.54. The molecule has 9 heteroatoms. The van der Waals surface area contributed by atoms with Crippen molar-refractivity contribution < 1.29 is 9.53 Å². The highest BCUT2D eigenvalue weighted by atomic mass is 35.5. The number of carbonyl (C=O) groups is 1. The Morgan fingerprint density at radius 1 is 1.12 bits per heavy atom. The van der Waals surface area contributed by atoms with Crippen LogP contribution in [-0.2, 0) is 0 Å². The first-order chi connectivity index (χ1) is 12.7. The number of hydrogen-bond donors (Lipinski definition) is 2. The van der Waals surface area contributed by atoms with Gasteiger partial charge in [0.15, 0.2) is 0 Å². The first-order valence-corrected chi connectivity index (χ1v) is 9.81. The number of para-hydroxylation sites is 2. The van der Waals surface area contributed by atoms with E-state index < -0.39 is 6.03 Å². The molecule has 3 aromatic rings. The minimum absolute atomic E-state index is 0.418. The maximum atomic E-state index is 12.0. The van der Waals surface area contributed by atoms with Crippen LogP contribution in [0.15, 0.2) is 59.8 Å². The largest absolute Gasteiger partial charge is 0.493 e. The molecule has 2 amide bonds. The molecule has 26 heavy (non-hydrogen) atoms. The predicted octanol–water partition coefficient (Wildman–Crippen LogP) is 5.01. The number of nitrogens with zero attached hydrogens (tertiary/aromatic N) is 2. The zero-order valence-corrected chi connectivity index (χ0v) is 15.9. The Morgan fingerprint density at radius 2 is 1.88 bits per heavy atom. The summed E-state index contributed by atoms with van der Waals surface area (Å²) in [6.07, 6.45) is 0. The fraction of sp³-hybridized carbons (Fsp3) is 0.118. The number of carbonyl (C=O) groups excluding carboxylic acids is 1. The maximum absolute atomic E-state index is 12.0. The van der Waals surface area contributed by atoms with Crippen LogP contribution < -0.4 is 15.4 Å². The van der Waals surface area contributed by atoms with E-state index in [1.807, 2.05) is 30.3 Å². The van der Waals surface area contributed by atoms with Crippen molar-refractivity contribution in [2.75, 3.05) is 23.0 Å². The molecule has 0 unspecified atom stereocenters. The lowest BCUT2D eigenvalue weighted by Crippen LogP contribution is -2.19. The molecular formula is C17H15ClN4O2S2. The van der Waals surface area contributed by atoms with Crippen molar-refractivity contribution in [1.82, 2.24) is 9.36 Å². The van der Waals surface area contributed by atoms with Gasteiger partial charge in [-0.1, -0.05) is 53.7 Å². The molecule has 0 aliphatic carbocycles. The molecule has 0 bridgehead atoms. The standard InChI is InChI=1S/C17H15ClN4O2S2/c18-13-8-4-5-9-14(13)19-15(23)20-16-21-17(22-26-16)25-11-10-24-12-6-2-1-3-7-12/h1-9H,10-11H2,(H2,19,20,21,22,23). The molecular weight excluding hydrogens is 392 g/mol. The normalized spacial score (nSPS) is 10.3. The van der Waals surface area contributed by atoms with Gasteiger partial charge < -0.3 is 10.1 Å². The van der Waals surface area contributed by atoms with E-state index in [4.69, 9.17) is 16.3 Å². The van der Waals surface area contributed by atoms with Crippen molar-refractivity contribution >= 4 is 51.7 Å². The van der Waals surface area contributed by atoms with Gasteiger partial charge in [0.25, 0.3) is 0 Å². The maximum Gasteiger partial charge on any atom is 0.325 e. The fourth-order valence-electron chi connectivity index (χ4n) is 1.94. The Labute approximate surface area is 164 Å². The van der Waals surface area contributed by atoms with E-state index in [1.54, 1.807) is 24.3 Å². The van der Waals surface area contributed by atoms with Crippen LogP contribution in [0.2, 0.25) is 5.02 Å². The number of ether oxygens (including phenoxy) is 1. The molecule has 0 fully saturated rings. The lowest BCUT2D eigenvalue weighted by Gasteiger charge is -2.06. The number of nitrogens with one attached hydrogen (secondary N) is 2. The molecule has 0 spiro atoms. The van der Waals surface area contributed by atoms with E-state index in [0.717, 1.165) is 17.3 Å². The second kappa shape index (κ2) is 9.42. The Kier molecular flexibility index (Phi) is 6.70. The van der Waals surface area contributed by atoms with Crippen LogP contribution in [0, 0.1) is 0 Å². The van der Waals surface area contributed by atoms with Crippen LogP contribution in [0.5, 0.6) is 5.75 Å². The van der Waals surface area contributed by atoms with E-state index in [0.29, 0.717) is 33.4 Å². The van der Waals surface area contributed by atoms with E-state index in [9.17, 15) is 4.79 Å². The van der Waals surface area contributed by atoms with Crippen LogP contribution in [0.25, 0.3) is 0 Å². The van der Waals surface area contributed by atoms with Crippen LogP contribution in [0.3, 0.4) is 0 Å². The van der Waals surface area contributed by atoms with Crippen LogP contribution in [0.1, 0.15) is 0 Å². The number of urea groups is 1. The number of thioether (sulfide) groups is 1. The van der Waals surface area contributed by atoms with Gasteiger partial charge in [-0.05, 0) is 24.3 Å². The molecule has 2 N–H and O–H groups in total. The monoisotopic (exact) mass is 406 g/mol. The van der Waals surface area contributed by atoms with Crippen molar-refractivity contribution in [3.8, 4) is 5.75 Å². The van der Waals surface area contributed by atoms with E-state index >= 15 is 0 Å². The lowest BCUT2D eigenvalue weighted by molar-refractivity contribution is 0.262. The second-order valence-electron chi connectivity index (χ2n) is 4.95. The average molecular weight is 407 g/mol. The topological polar surface area (TPSA) is 76.1 Å². The molecule has 0 radical (unpaired) electrons. The molecule has 0 saturated carbocycles. The number of anilines is 2. The number of benzene rings is 2. The number of hydrogen-bond acceptors (Lipinski definition) is 6. The van der Waals surface area contributed by atoms with Crippen LogP contribution in [0.4, 0.5) is 15.6 Å². The highest BCUT2D eigenvalue weighted by Gasteiger charge is 2.10. The molecule has 0 aliphatic heterocycles. The summed E-state index contributed by atoms with van der Waals surface area (Å²) in [4.78, 5) is 16.3. The molecule has 0 aliphatic rings. The van der Waals surface area contributed by atoms with Crippen molar-refractivity contribution in [3.05, 3.63) is 59.6 Å². The highest BCUT2D eigenvalue weighted by molar-refractivity contribution is 7.99. The SMILES string of the molecule is O=C(Nc1nc(SCCOc2ccccc2)ns1)Nc1ccccc1Cl. The van der Waals surface area contributed by atoms with Crippen LogP contribution >= 0.6 is 34.9 Å². The highest BCUT2D eigenvalue weighted by Crippen LogP contribution is 2.22. The smallest absolute Gasteiger partial charge is 0.325 e. The summed E-state index contributed by atoms with van der Waals surface area (Å²) < 4.78 is 9.82. The Hall–Kier alpha value is -2.29. The second-order valence-corrected chi connectivity index (χ2v) is 7.17. The number of amides is 2. The molecule has 134 valence electrons. The summed E-state index contributed by atoms with van der Waals surface area (Å²) in [7, 11) is 0.